The van der Waals surface area contributed by atoms with Crippen molar-refractivity contribution in [2.24, 2.45) is 5.92 Å². The molecule has 2 aliphatic rings. The molecule has 1 aliphatic heterocycles. The zero-order valence-electron chi connectivity index (χ0n) is 11.8. The van der Waals surface area contributed by atoms with Crippen LogP contribution in [-0.2, 0) is 9.59 Å². The third-order valence-corrected chi connectivity index (χ3v) is 4.42. The lowest BCUT2D eigenvalue weighted by Crippen LogP contribution is -2.48. The number of nitrogens with zero attached hydrogens (tertiary/aromatic N) is 2. The molecule has 106 valence electrons. The maximum atomic E-state index is 12.7. The molecule has 20 heavy (non-hydrogen) atoms. The highest BCUT2D eigenvalue weighted by molar-refractivity contribution is 6.11. The fourth-order valence-electron chi connectivity index (χ4n) is 3.20. The minimum absolute atomic E-state index is 0.0205. The van der Waals surface area contributed by atoms with Crippen molar-refractivity contribution < 1.29 is 9.59 Å². The lowest BCUT2D eigenvalue weighted by atomic mass is 9.88. The Kier molecular flexibility index (Phi) is 3.47. The first kappa shape index (κ1) is 13.2. The van der Waals surface area contributed by atoms with Gasteiger partial charge in [-0.05, 0) is 25.0 Å². The van der Waals surface area contributed by atoms with Crippen LogP contribution in [0.5, 0.6) is 0 Å². The first-order valence-corrected chi connectivity index (χ1v) is 7.35. The van der Waals surface area contributed by atoms with Gasteiger partial charge in [0.25, 0.3) is 0 Å². The third kappa shape index (κ3) is 2.19. The predicted octanol–water partition coefficient (Wildman–Crippen LogP) is 2.58. The SMILES string of the molecule is CN1C(=O)CN(C(=O)C2CCCCC2)c2ccccc21. The molecule has 0 unspecified atom stereocenters. The van der Waals surface area contributed by atoms with Gasteiger partial charge >= 0.3 is 0 Å². The summed E-state index contributed by atoms with van der Waals surface area (Å²) >= 11 is 0. The number of rotatable bonds is 1. The van der Waals surface area contributed by atoms with Crippen molar-refractivity contribution >= 4 is 23.2 Å². The Morgan fingerprint density at radius 3 is 2.45 bits per heavy atom. The summed E-state index contributed by atoms with van der Waals surface area (Å²) in [6.07, 6.45) is 5.39. The maximum absolute atomic E-state index is 12.7. The highest BCUT2D eigenvalue weighted by Gasteiger charge is 2.34. The van der Waals surface area contributed by atoms with E-state index in [0.717, 1.165) is 37.1 Å². The molecule has 0 bridgehead atoms. The molecule has 1 saturated carbocycles. The van der Waals surface area contributed by atoms with Gasteiger partial charge in [-0.15, -0.1) is 0 Å². The molecule has 0 saturated heterocycles. The fourth-order valence-corrected chi connectivity index (χ4v) is 3.20. The summed E-state index contributed by atoms with van der Waals surface area (Å²) in [6, 6.07) is 7.65. The normalized spacial score (nSPS) is 19.9. The highest BCUT2D eigenvalue weighted by Crippen LogP contribution is 2.35. The predicted molar refractivity (Wildman–Crippen MR) is 78.8 cm³/mol. The van der Waals surface area contributed by atoms with Crippen LogP contribution in [-0.4, -0.2) is 25.4 Å². The van der Waals surface area contributed by atoms with Gasteiger partial charge in [0, 0.05) is 13.0 Å². The van der Waals surface area contributed by atoms with Crippen molar-refractivity contribution in [2.45, 2.75) is 32.1 Å². The number of hydrogen-bond donors (Lipinski definition) is 0. The smallest absolute Gasteiger partial charge is 0.246 e. The van der Waals surface area contributed by atoms with Crippen LogP contribution < -0.4 is 9.80 Å². The molecule has 2 amide bonds. The van der Waals surface area contributed by atoms with Crippen LogP contribution in [0.1, 0.15) is 32.1 Å². The van der Waals surface area contributed by atoms with Gasteiger partial charge in [-0.3, -0.25) is 9.59 Å². The van der Waals surface area contributed by atoms with Crippen molar-refractivity contribution in [1.82, 2.24) is 0 Å². The van der Waals surface area contributed by atoms with Gasteiger partial charge < -0.3 is 9.80 Å². The number of carbonyl (C=O) groups excluding carboxylic acids is 2. The first-order valence-electron chi connectivity index (χ1n) is 7.35. The van der Waals surface area contributed by atoms with Gasteiger partial charge in [0.15, 0.2) is 0 Å². The largest absolute Gasteiger partial charge is 0.312 e. The Balaban J connectivity index is 1.91. The molecule has 1 aromatic rings. The second kappa shape index (κ2) is 5.27. The Hall–Kier alpha value is -1.84. The molecule has 1 aliphatic carbocycles. The molecule has 0 aromatic heterocycles. The van der Waals surface area contributed by atoms with Gasteiger partial charge in [0.1, 0.15) is 6.54 Å². The molecular weight excluding hydrogens is 252 g/mol. The number of carbonyl (C=O) groups is 2. The van der Waals surface area contributed by atoms with Gasteiger partial charge in [-0.2, -0.15) is 0 Å². The topological polar surface area (TPSA) is 40.6 Å². The fraction of sp³-hybridized carbons (Fsp3) is 0.500. The summed E-state index contributed by atoms with van der Waals surface area (Å²) < 4.78 is 0. The van der Waals surface area contributed by atoms with Crippen LogP contribution >= 0.6 is 0 Å². The summed E-state index contributed by atoms with van der Waals surface area (Å²) in [5, 5.41) is 0. The van der Waals surface area contributed by atoms with Crippen molar-refractivity contribution in [1.29, 1.82) is 0 Å². The van der Waals surface area contributed by atoms with E-state index < -0.39 is 0 Å². The Morgan fingerprint density at radius 2 is 1.75 bits per heavy atom. The van der Waals surface area contributed by atoms with Gasteiger partial charge in [0.05, 0.1) is 11.4 Å². The van der Waals surface area contributed by atoms with Gasteiger partial charge in [-0.1, -0.05) is 31.4 Å². The van der Waals surface area contributed by atoms with Gasteiger partial charge in [-0.25, -0.2) is 0 Å². The number of para-hydroxylation sites is 2. The van der Waals surface area contributed by atoms with E-state index in [1.165, 1.54) is 6.42 Å². The molecule has 1 fully saturated rings. The minimum atomic E-state index is -0.0205. The van der Waals surface area contributed by atoms with E-state index in [-0.39, 0.29) is 24.3 Å². The summed E-state index contributed by atoms with van der Waals surface area (Å²) in [4.78, 5) is 28.1. The number of anilines is 2. The summed E-state index contributed by atoms with van der Waals surface area (Å²) in [5.74, 6) is 0.194. The summed E-state index contributed by atoms with van der Waals surface area (Å²) in [5.41, 5.74) is 1.69. The number of likely N-dealkylation sites (N-methyl/N-ethyl adjacent to an activating group) is 1. The zero-order valence-corrected chi connectivity index (χ0v) is 11.8. The molecular formula is C16H20N2O2. The van der Waals surface area contributed by atoms with Crippen LogP contribution in [0, 0.1) is 5.92 Å². The van der Waals surface area contributed by atoms with Crippen molar-refractivity contribution in [2.75, 3.05) is 23.4 Å². The number of fused-ring (bicyclic) bond motifs is 1. The Bertz CT molecular complexity index is 535. The Morgan fingerprint density at radius 1 is 1.10 bits per heavy atom. The molecule has 0 radical (unpaired) electrons. The van der Waals surface area contributed by atoms with E-state index >= 15 is 0 Å². The minimum Gasteiger partial charge on any atom is -0.312 e. The average molecular weight is 272 g/mol. The summed E-state index contributed by atoms with van der Waals surface area (Å²) in [7, 11) is 1.77. The van der Waals surface area contributed by atoms with Crippen LogP contribution in [0.15, 0.2) is 24.3 Å². The van der Waals surface area contributed by atoms with E-state index in [0.29, 0.717) is 0 Å². The molecule has 3 rings (SSSR count). The average Bonchev–Trinajstić information content (AvgIpc) is 2.51. The van der Waals surface area contributed by atoms with E-state index in [1.54, 1.807) is 16.8 Å². The zero-order chi connectivity index (χ0) is 14.1. The molecule has 4 nitrogen and oxygen atoms in total. The van der Waals surface area contributed by atoms with Gasteiger partial charge in [0.2, 0.25) is 11.8 Å². The second-order valence-electron chi connectivity index (χ2n) is 5.70. The van der Waals surface area contributed by atoms with Crippen LogP contribution in [0.3, 0.4) is 0 Å². The second-order valence-corrected chi connectivity index (χ2v) is 5.70. The van der Waals surface area contributed by atoms with Crippen LogP contribution in [0.4, 0.5) is 11.4 Å². The number of hydrogen-bond acceptors (Lipinski definition) is 2. The van der Waals surface area contributed by atoms with E-state index in [4.69, 9.17) is 0 Å². The molecule has 1 aromatic carbocycles. The first-order chi connectivity index (χ1) is 9.68. The Labute approximate surface area is 119 Å². The van der Waals surface area contributed by atoms with E-state index in [1.807, 2.05) is 24.3 Å². The van der Waals surface area contributed by atoms with Crippen molar-refractivity contribution in [3.63, 3.8) is 0 Å². The third-order valence-electron chi connectivity index (χ3n) is 4.42. The van der Waals surface area contributed by atoms with E-state index in [9.17, 15) is 9.59 Å². The standard InChI is InChI=1S/C16H20N2O2/c1-17-13-9-5-6-10-14(13)18(11-15(17)19)16(20)12-7-3-2-4-8-12/h5-6,9-10,12H,2-4,7-8,11H2,1H3. The highest BCUT2D eigenvalue weighted by atomic mass is 16.2. The summed E-state index contributed by atoms with van der Waals surface area (Å²) in [6.45, 7) is 0.169. The molecule has 1 heterocycles. The van der Waals surface area contributed by atoms with Crippen molar-refractivity contribution in [3.05, 3.63) is 24.3 Å². The lowest BCUT2D eigenvalue weighted by Gasteiger charge is -2.36. The lowest BCUT2D eigenvalue weighted by molar-refractivity contribution is -0.126. The van der Waals surface area contributed by atoms with E-state index in [2.05, 4.69) is 0 Å². The molecule has 0 N–H and O–H groups in total. The number of benzene rings is 1. The quantitative estimate of drug-likeness (QED) is 0.788. The monoisotopic (exact) mass is 272 g/mol. The van der Waals surface area contributed by atoms with Crippen LogP contribution in [0.2, 0.25) is 0 Å². The molecule has 0 atom stereocenters. The van der Waals surface area contributed by atoms with Crippen molar-refractivity contribution in [3.8, 4) is 0 Å². The van der Waals surface area contributed by atoms with Crippen LogP contribution in [0.25, 0.3) is 0 Å². The molecule has 4 heteroatoms. The number of amides is 2. The maximum Gasteiger partial charge on any atom is 0.246 e. The molecule has 0 spiro atoms.